The first kappa shape index (κ1) is 16.9. The maximum absolute atomic E-state index is 12.3. The average Bonchev–Trinajstić information content (AvgIpc) is 3.04. The minimum Gasteiger partial charge on any atom is -0.508 e. The number of aromatic nitrogens is 1. The second-order valence-corrected chi connectivity index (χ2v) is 6.08. The molecule has 0 bridgehead atoms. The monoisotopic (exact) mass is 354 g/mol. The molecule has 1 atom stereocenters. The fourth-order valence-corrected chi connectivity index (χ4v) is 2.65. The molecule has 1 aromatic heterocycles. The number of benzene rings is 2. The largest absolute Gasteiger partial charge is 0.508 e. The van der Waals surface area contributed by atoms with Crippen LogP contribution >= 0.6 is 11.8 Å². The van der Waals surface area contributed by atoms with Crippen molar-refractivity contribution >= 4 is 28.6 Å². The van der Waals surface area contributed by atoms with Crippen molar-refractivity contribution in [2.24, 2.45) is 0 Å². The number of ketones is 1. The van der Waals surface area contributed by atoms with Crippen LogP contribution in [0.4, 0.5) is 0 Å². The van der Waals surface area contributed by atoms with E-state index in [1.54, 1.807) is 17.8 Å². The summed E-state index contributed by atoms with van der Waals surface area (Å²) in [4.78, 5) is 17.6. The Morgan fingerprint density at radius 1 is 1.36 bits per heavy atom. The van der Waals surface area contributed by atoms with Gasteiger partial charge in [-0.2, -0.15) is 5.26 Å². The Labute approximate surface area is 148 Å². The molecule has 1 heterocycles. The molecule has 0 amide bonds. The highest BCUT2D eigenvalue weighted by molar-refractivity contribution is 7.98. The van der Waals surface area contributed by atoms with Gasteiger partial charge < -0.3 is 14.3 Å². The van der Waals surface area contributed by atoms with Crippen LogP contribution in [0.25, 0.3) is 11.1 Å². The van der Waals surface area contributed by atoms with Crippen LogP contribution in [-0.4, -0.2) is 28.7 Å². The number of hydrogen-bond acceptors (Lipinski definition) is 7. The number of oxazole rings is 1. The van der Waals surface area contributed by atoms with E-state index in [4.69, 9.17) is 9.15 Å². The maximum Gasteiger partial charge on any atom is 0.220 e. The first-order valence-corrected chi connectivity index (χ1v) is 8.62. The van der Waals surface area contributed by atoms with Gasteiger partial charge in [-0.25, -0.2) is 4.98 Å². The molecule has 0 aliphatic carbocycles. The number of hydrogen-bond donors (Lipinski definition) is 1. The molecule has 3 aromatic rings. The van der Waals surface area contributed by atoms with E-state index in [0.717, 1.165) is 4.90 Å². The third-order valence-corrected chi connectivity index (χ3v) is 4.25. The van der Waals surface area contributed by atoms with Crippen LogP contribution in [0.15, 0.2) is 51.8 Å². The van der Waals surface area contributed by atoms with E-state index in [1.807, 2.05) is 24.5 Å². The van der Waals surface area contributed by atoms with E-state index in [1.165, 1.54) is 24.3 Å². The highest BCUT2D eigenvalue weighted by Crippen LogP contribution is 2.26. The first-order valence-electron chi connectivity index (χ1n) is 7.39. The number of thioether (sulfide) groups is 1. The number of phenols is 1. The molecule has 6 nitrogen and oxygen atoms in total. The van der Waals surface area contributed by atoms with Crippen molar-refractivity contribution in [1.29, 1.82) is 5.26 Å². The Hall–Kier alpha value is -2.98. The molecule has 2 aromatic carbocycles. The van der Waals surface area contributed by atoms with Gasteiger partial charge in [0.1, 0.15) is 23.6 Å². The third-order valence-electron chi connectivity index (χ3n) is 3.53. The number of Topliss-reactive ketones (excluding diaryl/α,β-unsaturated/α-hetero) is 1. The number of nitrogens with zero attached hydrogens (tertiary/aromatic N) is 2. The third kappa shape index (κ3) is 3.75. The van der Waals surface area contributed by atoms with Crippen molar-refractivity contribution in [2.75, 3.05) is 12.9 Å². The molecule has 0 aliphatic rings. The van der Waals surface area contributed by atoms with Gasteiger partial charge in [0.05, 0.1) is 6.07 Å². The minimum absolute atomic E-state index is 0.0649. The lowest BCUT2D eigenvalue weighted by Gasteiger charge is -2.07. The van der Waals surface area contributed by atoms with Gasteiger partial charge in [0.15, 0.2) is 17.3 Å². The lowest BCUT2D eigenvalue weighted by Crippen LogP contribution is -2.19. The van der Waals surface area contributed by atoms with Crippen molar-refractivity contribution in [3.05, 3.63) is 48.4 Å². The quantitative estimate of drug-likeness (QED) is 0.677. The molecule has 25 heavy (non-hydrogen) atoms. The van der Waals surface area contributed by atoms with Crippen molar-refractivity contribution in [2.45, 2.75) is 10.8 Å². The summed E-state index contributed by atoms with van der Waals surface area (Å²) in [6.07, 6.45) is 1.95. The summed E-state index contributed by atoms with van der Waals surface area (Å²) in [5, 5.41) is 18.6. The molecule has 0 saturated carbocycles. The summed E-state index contributed by atoms with van der Waals surface area (Å²) >= 11 is 1.56. The molecule has 3 rings (SSSR count). The zero-order valence-electron chi connectivity index (χ0n) is 13.3. The number of rotatable bonds is 6. The van der Waals surface area contributed by atoms with Crippen molar-refractivity contribution in [3.8, 4) is 17.6 Å². The zero-order valence-corrected chi connectivity index (χ0v) is 14.1. The summed E-state index contributed by atoms with van der Waals surface area (Å²) in [5.41, 5.74) is 1.13. The summed E-state index contributed by atoms with van der Waals surface area (Å²) in [5.74, 6) is -1.00. The number of carbonyl (C=O) groups excluding carboxylic acids is 1. The lowest BCUT2D eigenvalue weighted by atomic mass is 10.1. The highest BCUT2D eigenvalue weighted by atomic mass is 32.2. The Kier molecular flexibility index (Phi) is 4.91. The second-order valence-electron chi connectivity index (χ2n) is 5.20. The Balaban J connectivity index is 1.76. The van der Waals surface area contributed by atoms with Gasteiger partial charge in [-0.3, -0.25) is 4.79 Å². The van der Waals surface area contributed by atoms with Crippen molar-refractivity contribution < 1.29 is 19.1 Å². The second kappa shape index (κ2) is 7.28. The normalized spacial score (nSPS) is 11.8. The van der Waals surface area contributed by atoms with Gasteiger partial charge in [-0.1, -0.05) is 0 Å². The van der Waals surface area contributed by atoms with Crippen LogP contribution < -0.4 is 4.74 Å². The van der Waals surface area contributed by atoms with Crippen LogP contribution in [-0.2, 0) is 4.79 Å². The van der Waals surface area contributed by atoms with E-state index >= 15 is 0 Å². The van der Waals surface area contributed by atoms with E-state index in [2.05, 4.69) is 4.98 Å². The van der Waals surface area contributed by atoms with E-state index in [-0.39, 0.29) is 18.2 Å². The molecule has 0 saturated heterocycles. The topological polar surface area (TPSA) is 96.4 Å². The van der Waals surface area contributed by atoms with Gasteiger partial charge >= 0.3 is 0 Å². The van der Waals surface area contributed by atoms with E-state index in [0.29, 0.717) is 16.8 Å². The fraction of sp³-hybridized carbons (Fsp3) is 0.167. The summed E-state index contributed by atoms with van der Waals surface area (Å²) in [6.45, 7) is -0.294. The van der Waals surface area contributed by atoms with E-state index in [9.17, 15) is 15.2 Å². The number of carbonyl (C=O) groups is 1. The maximum atomic E-state index is 12.3. The molecule has 1 N–H and O–H groups in total. The van der Waals surface area contributed by atoms with Gasteiger partial charge in [-0.15, -0.1) is 11.8 Å². The van der Waals surface area contributed by atoms with Crippen LogP contribution in [0.5, 0.6) is 11.5 Å². The van der Waals surface area contributed by atoms with Crippen LogP contribution in [0.1, 0.15) is 11.8 Å². The predicted molar refractivity (Wildman–Crippen MR) is 92.8 cm³/mol. The fourth-order valence-electron chi connectivity index (χ4n) is 2.22. The first-order chi connectivity index (χ1) is 12.1. The molecular formula is C18H14N2O4S. The Morgan fingerprint density at radius 3 is 2.80 bits per heavy atom. The summed E-state index contributed by atoms with van der Waals surface area (Å²) in [6, 6.07) is 13.4. The molecule has 0 radical (unpaired) electrons. The van der Waals surface area contributed by atoms with Crippen molar-refractivity contribution in [1.82, 2.24) is 4.98 Å². The minimum atomic E-state index is -1.14. The molecule has 0 fully saturated rings. The van der Waals surface area contributed by atoms with Crippen LogP contribution in [0.2, 0.25) is 0 Å². The standard InChI is InChI=1S/C18H14N2O4S/c1-25-13-6-7-15-17(8-13)24-18(20-15)14(9-19)16(22)10-23-12-4-2-11(21)3-5-12/h2-8,14,21H,10H2,1H3. The van der Waals surface area contributed by atoms with Gasteiger partial charge in [0, 0.05) is 4.90 Å². The van der Waals surface area contributed by atoms with E-state index < -0.39 is 11.7 Å². The van der Waals surface area contributed by atoms with Crippen molar-refractivity contribution in [3.63, 3.8) is 0 Å². The zero-order chi connectivity index (χ0) is 17.8. The number of phenolic OH excluding ortho intramolecular Hbond substituents is 1. The van der Waals surface area contributed by atoms with Gasteiger partial charge in [0.25, 0.3) is 0 Å². The Bertz CT molecular complexity index is 944. The lowest BCUT2D eigenvalue weighted by molar-refractivity contribution is -0.121. The SMILES string of the molecule is CSc1ccc2nc(C(C#N)C(=O)COc3ccc(O)cc3)oc2c1. The Morgan fingerprint density at radius 2 is 2.12 bits per heavy atom. The molecule has 7 heteroatoms. The summed E-state index contributed by atoms with van der Waals surface area (Å²) < 4.78 is 10.9. The predicted octanol–water partition coefficient (Wildman–Crippen LogP) is 3.51. The number of nitriles is 1. The number of fused-ring (bicyclic) bond motifs is 1. The smallest absolute Gasteiger partial charge is 0.220 e. The van der Waals surface area contributed by atoms with Gasteiger partial charge in [-0.05, 0) is 48.7 Å². The highest BCUT2D eigenvalue weighted by Gasteiger charge is 2.26. The van der Waals surface area contributed by atoms with Gasteiger partial charge in [0.2, 0.25) is 5.89 Å². The summed E-state index contributed by atoms with van der Waals surface area (Å²) in [7, 11) is 0. The molecule has 126 valence electrons. The molecule has 0 spiro atoms. The van der Waals surface area contributed by atoms with Crippen LogP contribution in [0.3, 0.4) is 0 Å². The number of ether oxygens (including phenoxy) is 1. The average molecular weight is 354 g/mol. The number of aromatic hydroxyl groups is 1. The molecule has 0 aliphatic heterocycles. The molecule has 1 unspecified atom stereocenters. The van der Waals surface area contributed by atoms with Crippen LogP contribution in [0, 0.1) is 11.3 Å². The molecular weight excluding hydrogens is 340 g/mol.